The van der Waals surface area contributed by atoms with Crippen molar-refractivity contribution in [1.29, 1.82) is 0 Å². The molecule has 192 valence electrons. The minimum absolute atomic E-state index is 0. The number of benzene rings is 2. The molecule has 2 aromatic carbocycles. The fraction of sp³-hybridized carbons (Fsp3) is 0.200. The van der Waals surface area contributed by atoms with Gasteiger partial charge in [0.15, 0.2) is 23.0 Å². The van der Waals surface area contributed by atoms with Crippen LogP contribution < -0.4 is 61.4 Å². The second-order valence-electron chi connectivity index (χ2n) is 6.05. The molecule has 2 aromatic rings. The predicted molar refractivity (Wildman–Crippen MR) is 117 cm³/mol. The van der Waals surface area contributed by atoms with Gasteiger partial charge in [0.25, 0.3) is 0 Å². The summed E-state index contributed by atoms with van der Waals surface area (Å²) in [6, 6.07) is 8.89. The van der Waals surface area contributed by atoms with Crippen LogP contribution in [0.1, 0.15) is 0 Å². The van der Waals surface area contributed by atoms with E-state index in [4.69, 9.17) is 23.7 Å². The van der Waals surface area contributed by atoms with Crippen LogP contribution in [0.5, 0.6) is 34.5 Å². The van der Waals surface area contributed by atoms with Crippen LogP contribution in [0.15, 0.2) is 62.1 Å². The molecule has 2 rings (SSSR count). The van der Waals surface area contributed by atoms with Gasteiger partial charge in [-0.1, -0.05) is 13.2 Å². The Morgan fingerprint density at radius 3 is 1.35 bits per heavy atom. The topological polar surface area (TPSA) is 179 Å². The van der Waals surface area contributed by atoms with Crippen molar-refractivity contribution in [3.05, 3.63) is 62.1 Å². The van der Waals surface area contributed by atoms with E-state index in [0.29, 0.717) is 0 Å². The molecule has 0 saturated carbocycles. The fourth-order valence-electron chi connectivity index (χ4n) is 2.42. The molecule has 0 N–H and O–H groups in total. The van der Waals surface area contributed by atoms with Crippen molar-refractivity contribution in [2.24, 2.45) is 0 Å². The summed E-state index contributed by atoms with van der Waals surface area (Å²) < 4.78 is 98.3. The van der Waals surface area contributed by atoms with Gasteiger partial charge in [-0.25, -0.2) is 16.8 Å². The van der Waals surface area contributed by atoms with Crippen LogP contribution in [0, 0.1) is 0 Å². The van der Waals surface area contributed by atoms with Crippen molar-refractivity contribution in [2.75, 3.05) is 26.4 Å². The summed E-state index contributed by atoms with van der Waals surface area (Å²) in [7, 11) is -9.72. The fourth-order valence-corrected chi connectivity index (χ4v) is 2.96. The van der Waals surface area contributed by atoms with Gasteiger partial charge in [-0.3, -0.25) is 8.37 Å². The monoisotopic (exact) mass is 546 g/mol. The van der Waals surface area contributed by atoms with Crippen molar-refractivity contribution < 1.29 is 95.7 Å². The zero-order valence-electron chi connectivity index (χ0n) is 20.0. The third kappa shape index (κ3) is 13.8. The molecule has 0 aliphatic carbocycles. The Kier molecular flexibility index (Phi) is 15.7. The van der Waals surface area contributed by atoms with E-state index >= 15 is 0 Å². The van der Waals surface area contributed by atoms with Crippen molar-refractivity contribution >= 4 is 20.8 Å². The molecule has 13 nitrogen and oxygen atoms in total. The smallest absolute Gasteiger partial charge is 0.726 e. The summed E-state index contributed by atoms with van der Waals surface area (Å²) >= 11 is 0. The van der Waals surface area contributed by atoms with E-state index in [1.807, 2.05) is 0 Å². The molecule has 0 bridgehead atoms. The molecule has 0 amide bonds. The maximum absolute atomic E-state index is 10.5. The maximum Gasteiger partial charge on any atom is 1.00 e. The Bertz CT molecular complexity index is 1140. The van der Waals surface area contributed by atoms with Crippen molar-refractivity contribution in [1.82, 2.24) is 0 Å². The average molecular weight is 546 g/mol. The summed E-state index contributed by atoms with van der Waals surface area (Å²) in [6.07, 6.45) is 2.29. The van der Waals surface area contributed by atoms with E-state index in [1.54, 1.807) is 0 Å². The van der Waals surface area contributed by atoms with E-state index in [-0.39, 0.29) is 85.4 Å². The number of rotatable bonds is 16. The molecular weight excluding hydrogens is 526 g/mol. The first-order chi connectivity index (χ1) is 16.5. The zero-order chi connectivity index (χ0) is 25.9. The Morgan fingerprint density at radius 2 is 1.03 bits per heavy atom. The quantitative estimate of drug-likeness (QED) is 0.0660. The van der Waals surface area contributed by atoms with E-state index < -0.39 is 34.0 Å². The van der Waals surface area contributed by atoms with Gasteiger partial charge in [-0.2, -0.15) is 0 Å². The summed E-state index contributed by atoms with van der Waals surface area (Å²) in [5.41, 5.74) is 0. The molecule has 0 aromatic heterocycles. The second-order valence-corrected chi connectivity index (χ2v) is 8.15. The van der Waals surface area contributed by atoms with Gasteiger partial charge in [0.1, 0.15) is 24.7 Å². The first-order valence-electron chi connectivity index (χ1n) is 9.48. The normalized spacial score (nSPS) is 10.8. The molecule has 0 radical (unpaired) electrons. The van der Waals surface area contributed by atoms with Gasteiger partial charge in [-0.05, 0) is 24.3 Å². The van der Waals surface area contributed by atoms with Gasteiger partial charge in [0, 0.05) is 12.1 Å². The molecule has 0 unspecified atom stereocenters. The molecular formula is C20H20Li2O13S2. The molecule has 0 atom stereocenters. The molecule has 0 saturated heterocycles. The Hall–Kier alpha value is -2.15. The Labute approximate surface area is 238 Å². The van der Waals surface area contributed by atoms with Gasteiger partial charge in [0.05, 0.1) is 25.7 Å². The largest absolute Gasteiger partial charge is 1.00 e. The Morgan fingerprint density at radius 1 is 0.649 bits per heavy atom. The molecule has 0 heterocycles. The third-order valence-corrected chi connectivity index (χ3v) is 4.53. The number of hydrogen-bond donors (Lipinski definition) is 0. The molecule has 17 heteroatoms. The molecule has 0 aliphatic heterocycles. The van der Waals surface area contributed by atoms with E-state index in [9.17, 15) is 25.9 Å². The Balaban J connectivity index is 0.00000648. The first kappa shape index (κ1) is 34.9. The van der Waals surface area contributed by atoms with E-state index in [2.05, 4.69) is 21.5 Å². The van der Waals surface area contributed by atoms with E-state index in [1.165, 1.54) is 36.4 Å². The molecule has 37 heavy (non-hydrogen) atoms. The molecule has 0 fully saturated rings. The van der Waals surface area contributed by atoms with Crippen LogP contribution in [0.2, 0.25) is 0 Å². The second kappa shape index (κ2) is 16.6. The van der Waals surface area contributed by atoms with Crippen LogP contribution in [0.25, 0.3) is 0 Å². The average Bonchev–Trinajstić information content (AvgIpc) is 2.76. The summed E-state index contributed by atoms with van der Waals surface area (Å²) in [5.74, 6) is 1.24. The van der Waals surface area contributed by atoms with Crippen LogP contribution in [-0.2, 0) is 29.2 Å². The van der Waals surface area contributed by atoms with Gasteiger partial charge >= 0.3 is 37.7 Å². The van der Waals surface area contributed by atoms with Crippen LogP contribution in [0.3, 0.4) is 0 Å². The van der Waals surface area contributed by atoms with Crippen LogP contribution >= 0.6 is 0 Å². The maximum atomic E-state index is 10.5. The number of ether oxygens (including phenoxy) is 5. The zero-order valence-corrected chi connectivity index (χ0v) is 21.6. The molecule has 0 aliphatic rings. The van der Waals surface area contributed by atoms with Gasteiger partial charge < -0.3 is 32.8 Å². The van der Waals surface area contributed by atoms with Crippen molar-refractivity contribution in [3.63, 3.8) is 0 Å². The first-order valence-corrected chi connectivity index (χ1v) is 12.1. The van der Waals surface area contributed by atoms with Crippen molar-refractivity contribution in [2.45, 2.75) is 0 Å². The minimum atomic E-state index is -4.86. The van der Waals surface area contributed by atoms with Crippen molar-refractivity contribution in [3.8, 4) is 34.5 Å². The van der Waals surface area contributed by atoms with Gasteiger partial charge in [0.2, 0.25) is 20.8 Å². The standard InChI is InChI=1S/C20H22O13S2.2Li/c1-3-27-17-7-5-15(13-19(17)29-9-11-31-34(21,22)23)33-16-6-8-18(28-4-2)20(14-16)30-10-12-32-35(24,25)26;;/h3-8,13-14H,1-2,9-12H2,(H,21,22,23)(H,24,25,26);;/q;2*+1/p-2. The van der Waals surface area contributed by atoms with Gasteiger partial charge in [-0.15, -0.1) is 0 Å². The molecule has 0 spiro atoms. The van der Waals surface area contributed by atoms with Crippen LogP contribution in [-0.4, -0.2) is 52.4 Å². The van der Waals surface area contributed by atoms with Crippen LogP contribution in [0.4, 0.5) is 0 Å². The van der Waals surface area contributed by atoms with E-state index in [0.717, 1.165) is 12.5 Å². The minimum Gasteiger partial charge on any atom is -0.726 e. The predicted octanol–water partition coefficient (Wildman–Crippen LogP) is -3.76. The summed E-state index contributed by atoms with van der Waals surface area (Å²) in [5, 5.41) is 0. The number of hydrogen-bond acceptors (Lipinski definition) is 13. The SMILES string of the molecule is C=COc1ccc(Oc2ccc(OC=C)c(OCCOS(=O)(=O)[O-])c2)cc1OCCOS(=O)(=O)[O-].[Li+].[Li+]. The summed E-state index contributed by atoms with van der Waals surface area (Å²) in [4.78, 5) is 0. The third-order valence-electron chi connectivity index (χ3n) is 3.62. The summed E-state index contributed by atoms with van der Waals surface area (Å²) in [6.45, 7) is 5.28.